The lowest BCUT2D eigenvalue weighted by atomic mass is 10.1. The van der Waals surface area contributed by atoms with Crippen molar-refractivity contribution in [2.45, 2.75) is 19.8 Å². The van der Waals surface area contributed by atoms with Crippen LogP contribution in [-0.2, 0) is 11.2 Å². The summed E-state index contributed by atoms with van der Waals surface area (Å²) in [5, 5.41) is 2.87. The fourth-order valence-electron chi connectivity index (χ4n) is 2.84. The Morgan fingerprint density at radius 3 is 2.54 bits per heavy atom. The molecule has 2 aliphatic rings. The van der Waals surface area contributed by atoms with E-state index in [1.807, 2.05) is 30.0 Å². The van der Waals surface area contributed by atoms with Crippen molar-refractivity contribution in [3.05, 3.63) is 23.8 Å². The molecule has 0 aliphatic carbocycles. The predicted molar refractivity (Wildman–Crippen MR) is 88.1 cm³/mol. The number of rotatable bonds is 4. The van der Waals surface area contributed by atoms with E-state index in [1.165, 1.54) is 0 Å². The summed E-state index contributed by atoms with van der Waals surface area (Å²) in [6, 6.07) is 5.54. The minimum absolute atomic E-state index is 0.0419. The van der Waals surface area contributed by atoms with Gasteiger partial charge in [-0.25, -0.2) is 4.79 Å². The van der Waals surface area contributed by atoms with E-state index in [-0.39, 0.29) is 18.7 Å². The molecule has 1 aromatic rings. The molecule has 0 bridgehead atoms. The van der Waals surface area contributed by atoms with Crippen molar-refractivity contribution in [1.29, 1.82) is 0 Å². The number of nitrogens with one attached hydrogen (secondary N) is 1. The molecule has 1 fully saturated rings. The zero-order valence-electron chi connectivity index (χ0n) is 13.9. The lowest BCUT2D eigenvalue weighted by Gasteiger charge is -2.34. The third-order valence-electron chi connectivity index (χ3n) is 4.24. The molecule has 0 atom stereocenters. The van der Waals surface area contributed by atoms with Crippen LogP contribution in [0.5, 0.6) is 11.5 Å². The van der Waals surface area contributed by atoms with Crippen LogP contribution >= 0.6 is 0 Å². The number of benzene rings is 1. The summed E-state index contributed by atoms with van der Waals surface area (Å²) in [6.45, 7) is 5.22. The highest BCUT2D eigenvalue weighted by atomic mass is 16.7. The Kier molecular flexibility index (Phi) is 5.08. The van der Waals surface area contributed by atoms with Crippen molar-refractivity contribution >= 4 is 11.9 Å². The molecule has 2 heterocycles. The van der Waals surface area contributed by atoms with Crippen LogP contribution in [0.4, 0.5) is 4.79 Å². The van der Waals surface area contributed by atoms with Gasteiger partial charge in [-0.1, -0.05) is 13.0 Å². The van der Waals surface area contributed by atoms with Crippen LogP contribution in [0.15, 0.2) is 18.2 Å². The molecule has 3 rings (SSSR count). The number of ether oxygens (including phenoxy) is 2. The first-order valence-electron chi connectivity index (χ1n) is 8.36. The summed E-state index contributed by atoms with van der Waals surface area (Å²) < 4.78 is 10.6. The van der Waals surface area contributed by atoms with E-state index in [4.69, 9.17) is 9.47 Å². The molecule has 0 spiro atoms. The van der Waals surface area contributed by atoms with E-state index < -0.39 is 0 Å². The predicted octanol–water partition coefficient (Wildman–Crippen LogP) is 1.22. The topological polar surface area (TPSA) is 71.1 Å². The zero-order chi connectivity index (χ0) is 16.9. The molecule has 2 aliphatic heterocycles. The molecular weight excluding hydrogens is 310 g/mol. The Labute approximate surface area is 141 Å². The average Bonchev–Trinajstić information content (AvgIpc) is 3.07. The first-order valence-corrected chi connectivity index (χ1v) is 8.36. The lowest BCUT2D eigenvalue weighted by molar-refractivity contribution is -0.131. The van der Waals surface area contributed by atoms with Crippen LogP contribution in [-0.4, -0.2) is 61.3 Å². The van der Waals surface area contributed by atoms with Gasteiger partial charge in [-0.05, 0) is 24.1 Å². The molecule has 1 aromatic carbocycles. The Balaban J connectivity index is 1.49. The molecule has 24 heavy (non-hydrogen) atoms. The van der Waals surface area contributed by atoms with Gasteiger partial charge in [0.2, 0.25) is 12.7 Å². The largest absolute Gasteiger partial charge is 0.454 e. The Hall–Kier alpha value is -2.44. The van der Waals surface area contributed by atoms with Gasteiger partial charge in [-0.3, -0.25) is 4.79 Å². The van der Waals surface area contributed by atoms with Crippen molar-refractivity contribution in [2.75, 3.05) is 39.5 Å². The fourth-order valence-corrected chi connectivity index (χ4v) is 2.84. The number of urea groups is 1. The summed E-state index contributed by atoms with van der Waals surface area (Å²) in [5.41, 5.74) is 0.910. The highest BCUT2D eigenvalue weighted by Gasteiger charge is 2.24. The van der Waals surface area contributed by atoms with Crippen molar-refractivity contribution in [2.24, 2.45) is 0 Å². The summed E-state index contributed by atoms with van der Waals surface area (Å²) in [6.07, 6.45) is 1.25. The number of nitrogens with zero attached hydrogens (tertiary/aromatic N) is 2. The second-order valence-corrected chi connectivity index (χ2v) is 5.96. The van der Waals surface area contributed by atoms with E-state index in [0.29, 0.717) is 44.9 Å². The average molecular weight is 333 g/mol. The maximum Gasteiger partial charge on any atom is 0.317 e. The number of piperazine rings is 1. The molecule has 3 amide bonds. The zero-order valence-corrected chi connectivity index (χ0v) is 13.9. The molecule has 1 N–H and O–H groups in total. The molecule has 130 valence electrons. The smallest absolute Gasteiger partial charge is 0.317 e. The molecular formula is C17H23N3O4. The quantitative estimate of drug-likeness (QED) is 0.899. The van der Waals surface area contributed by atoms with Crippen molar-refractivity contribution in [3.63, 3.8) is 0 Å². The minimum atomic E-state index is -0.0419. The van der Waals surface area contributed by atoms with E-state index in [2.05, 4.69) is 5.32 Å². The SMILES string of the molecule is CCCNC(=O)N1CCN(C(=O)Cc2ccc3c(c2)OCO3)CC1. The van der Waals surface area contributed by atoms with Gasteiger partial charge in [0.05, 0.1) is 6.42 Å². The Bertz CT molecular complexity index is 612. The molecule has 7 heteroatoms. The number of fused-ring (bicyclic) bond motifs is 1. The first kappa shape index (κ1) is 16.4. The monoisotopic (exact) mass is 333 g/mol. The highest BCUT2D eigenvalue weighted by Crippen LogP contribution is 2.32. The van der Waals surface area contributed by atoms with Crippen LogP contribution in [0.2, 0.25) is 0 Å². The molecule has 0 saturated carbocycles. The van der Waals surface area contributed by atoms with Crippen LogP contribution < -0.4 is 14.8 Å². The van der Waals surface area contributed by atoms with Crippen molar-refractivity contribution < 1.29 is 19.1 Å². The number of carbonyl (C=O) groups is 2. The van der Waals surface area contributed by atoms with E-state index >= 15 is 0 Å². The maximum absolute atomic E-state index is 12.5. The van der Waals surface area contributed by atoms with Crippen molar-refractivity contribution in [1.82, 2.24) is 15.1 Å². The van der Waals surface area contributed by atoms with Crippen LogP contribution in [0, 0.1) is 0 Å². The highest BCUT2D eigenvalue weighted by molar-refractivity contribution is 5.80. The van der Waals surface area contributed by atoms with E-state index in [0.717, 1.165) is 17.7 Å². The lowest BCUT2D eigenvalue weighted by Crippen LogP contribution is -2.53. The van der Waals surface area contributed by atoms with E-state index in [9.17, 15) is 9.59 Å². The van der Waals surface area contributed by atoms with Gasteiger partial charge < -0.3 is 24.6 Å². The van der Waals surface area contributed by atoms with Gasteiger partial charge in [0.25, 0.3) is 0 Å². The molecule has 7 nitrogen and oxygen atoms in total. The van der Waals surface area contributed by atoms with Crippen LogP contribution in [0.1, 0.15) is 18.9 Å². The second kappa shape index (κ2) is 7.42. The molecule has 0 radical (unpaired) electrons. The molecule has 1 saturated heterocycles. The van der Waals surface area contributed by atoms with E-state index in [1.54, 1.807) is 4.90 Å². The second-order valence-electron chi connectivity index (χ2n) is 5.96. The summed E-state index contributed by atoms with van der Waals surface area (Å²) in [5.74, 6) is 1.48. The fraction of sp³-hybridized carbons (Fsp3) is 0.529. The van der Waals surface area contributed by atoms with Crippen LogP contribution in [0.3, 0.4) is 0 Å². The van der Waals surface area contributed by atoms with Crippen molar-refractivity contribution in [3.8, 4) is 11.5 Å². The third kappa shape index (κ3) is 3.72. The number of carbonyl (C=O) groups excluding carboxylic acids is 2. The van der Waals surface area contributed by atoms with Gasteiger partial charge in [0.15, 0.2) is 11.5 Å². The third-order valence-corrected chi connectivity index (χ3v) is 4.24. The first-order chi connectivity index (χ1) is 11.7. The van der Waals surface area contributed by atoms with Gasteiger partial charge in [-0.15, -0.1) is 0 Å². The standard InChI is InChI=1S/C17H23N3O4/c1-2-5-18-17(22)20-8-6-19(7-9-20)16(21)11-13-3-4-14-15(10-13)24-12-23-14/h3-4,10H,2,5-9,11-12H2,1H3,(H,18,22). The minimum Gasteiger partial charge on any atom is -0.454 e. The Morgan fingerprint density at radius 2 is 1.79 bits per heavy atom. The number of hydrogen-bond acceptors (Lipinski definition) is 4. The number of hydrogen-bond donors (Lipinski definition) is 1. The summed E-state index contributed by atoms with van der Waals surface area (Å²) in [7, 11) is 0. The van der Waals surface area contributed by atoms with Gasteiger partial charge in [-0.2, -0.15) is 0 Å². The van der Waals surface area contributed by atoms with Crippen LogP contribution in [0.25, 0.3) is 0 Å². The molecule has 0 aromatic heterocycles. The van der Waals surface area contributed by atoms with Gasteiger partial charge >= 0.3 is 6.03 Å². The Morgan fingerprint density at radius 1 is 1.08 bits per heavy atom. The number of amides is 3. The normalized spacial score (nSPS) is 16.2. The summed E-state index contributed by atoms with van der Waals surface area (Å²) >= 11 is 0. The summed E-state index contributed by atoms with van der Waals surface area (Å²) in [4.78, 5) is 27.9. The maximum atomic E-state index is 12.5. The van der Waals surface area contributed by atoms with Gasteiger partial charge in [0.1, 0.15) is 0 Å². The molecule has 0 unspecified atom stereocenters. The van der Waals surface area contributed by atoms with Gasteiger partial charge in [0, 0.05) is 32.7 Å².